The zero-order chi connectivity index (χ0) is 14.9. The Balaban J connectivity index is 2.38. The van der Waals surface area contributed by atoms with Crippen molar-refractivity contribution < 1.29 is 13.2 Å². The molecule has 1 fully saturated rings. The molecule has 0 amide bonds. The third-order valence-electron chi connectivity index (χ3n) is 3.15. The van der Waals surface area contributed by atoms with Gasteiger partial charge in [0.2, 0.25) is 0 Å². The predicted molar refractivity (Wildman–Crippen MR) is 81.1 cm³/mol. The quantitative estimate of drug-likeness (QED) is 0.905. The van der Waals surface area contributed by atoms with Gasteiger partial charge >= 0.3 is 0 Å². The van der Waals surface area contributed by atoms with Crippen molar-refractivity contribution in [2.75, 3.05) is 29.5 Å². The highest BCUT2D eigenvalue weighted by Gasteiger charge is 2.31. The first-order chi connectivity index (χ1) is 9.35. The Kier molecular flexibility index (Phi) is 4.55. The number of anilines is 2. The van der Waals surface area contributed by atoms with Crippen LogP contribution in [0.25, 0.3) is 0 Å². The molecular formula is C12H21N3O3S2. The van der Waals surface area contributed by atoms with Gasteiger partial charge in [-0.1, -0.05) is 6.92 Å². The van der Waals surface area contributed by atoms with Crippen LogP contribution >= 0.6 is 11.5 Å². The first kappa shape index (κ1) is 15.5. The van der Waals surface area contributed by atoms with Crippen LogP contribution in [-0.2, 0) is 14.6 Å². The van der Waals surface area contributed by atoms with Crippen LogP contribution in [0, 0.1) is 0 Å². The molecule has 0 aromatic carbocycles. The number of aromatic nitrogens is 1. The molecule has 6 nitrogen and oxygen atoms in total. The topological polar surface area (TPSA) is 85.5 Å². The summed E-state index contributed by atoms with van der Waals surface area (Å²) in [4.78, 5) is 2.22. The van der Waals surface area contributed by atoms with Crippen molar-refractivity contribution >= 4 is 32.2 Å². The summed E-state index contributed by atoms with van der Waals surface area (Å²) < 4.78 is 34.5. The van der Waals surface area contributed by atoms with Crippen LogP contribution in [-0.4, -0.2) is 43.8 Å². The van der Waals surface area contributed by atoms with Crippen LogP contribution in [0.4, 0.5) is 10.8 Å². The molecule has 20 heavy (non-hydrogen) atoms. The molecule has 2 rings (SSSR count). The molecule has 0 aliphatic carbocycles. The molecule has 1 aromatic rings. The number of hydrogen-bond donors (Lipinski definition) is 1. The van der Waals surface area contributed by atoms with E-state index in [-0.39, 0.29) is 28.7 Å². The van der Waals surface area contributed by atoms with E-state index in [1.54, 1.807) is 0 Å². The summed E-state index contributed by atoms with van der Waals surface area (Å²) >= 11 is 1.16. The number of morpholine rings is 1. The normalized spacial score (nSPS) is 24.1. The van der Waals surface area contributed by atoms with Crippen molar-refractivity contribution in [3.63, 3.8) is 0 Å². The molecule has 2 N–H and O–H groups in total. The Hall–Kier alpha value is -0.860. The minimum absolute atomic E-state index is 0.0591. The SMILES string of the molecule is CCCS(=O)(=O)c1c(N)nsc1N1C[C@@H](C)O[C@@H](C)C1. The molecule has 1 aromatic heterocycles. The molecule has 0 spiro atoms. The van der Waals surface area contributed by atoms with E-state index in [9.17, 15) is 8.42 Å². The average Bonchev–Trinajstić information content (AvgIpc) is 2.70. The third kappa shape index (κ3) is 3.07. The smallest absolute Gasteiger partial charge is 0.185 e. The molecule has 0 unspecified atom stereocenters. The van der Waals surface area contributed by atoms with Crippen molar-refractivity contribution in [1.82, 2.24) is 4.37 Å². The standard InChI is InChI=1S/C12H21N3O3S2/c1-4-5-20(16,17)10-11(13)14-19-12(10)15-6-8(2)18-9(3)7-15/h8-9H,4-7H2,1-3H3,(H2,13,14)/t8-,9+. The van der Waals surface area contributed by atoms with Crippen molar-refractivity contribution in [1.29, 1.82) is 0 Å². The average molecular weight is 319 g/mol. The van der Waals surface area contributed by atoms with Crippen molar-refractivity contribution in [3.05, 3.63) is 0 Å². The number of ether oxygens (including phenoxy) is 1. The summed E-state index contributed by atoms with van der Waals surface area (Å²) in [6, 6.07) is 0. The molecule has 1 saturated heterocycles. The first-order valence-corrected chi connectivity index (χ1v) is 9.16. The van der Waals surface area contributed by atoms with Gasteiger partial charge in [-0.15, -0.1) is 0 Å². The Bertz CT molecular complexity index is 561. The van der Waals surface area contributed by atoms with E-state index in [0.29, 0.717) is 24.5 Å². The van der Waals surface area contributed by atoms with Crippen LogP contribution in [0.1, 0.15) is 27.2 Å². The van der Waals surface area contributed by atoms with Gasteiger partial charge in [-0.25, -0.2) is 8.42 Å². The van der Waals surface area contributed by atoms with Gasteiger partial charge in [-0.2, -0.15) is 4.37 Å². The number of sulfone groups is 1. The maximum atomic E-state index is 12.4. The van der Waals surface area contributed by atoms with Crippen LogP contribution in [0.2, 0.25) is 0 Å². The van der Waals surface area contributed by atoms with Crippen LogP contribution in [0.3, 0.4) is 0 Å². The van der Waals surface area contributed by atoms with Crippen LogP contribution in [0.15, 0.2) is 4.90 Å². The summed E-state index contributed by atoms with van der Waals surface area (Å²) in [6.45, 7) is 7.11. The van der Waals surface area contributed by atoms with Gasteiger partial charge in [-0.3, -0.25) is 0 Å². The number of nitrogens with zero attached hydrogens (tertiary/aromatic N) is 2. The molecule has 8 heteroatoms. The second-order valence-electron chi connectivity index (χ2n) is 5.18. The summed E-state index contributed by atoms with van der Waals surface area (Å²) in [5, 5.41) is 0.651. The maximum Gasteiger partial charge on any atom is 0.185 e. The molecule has 1 aliphatic rings. The molecule has 1 aliphatic heterocycles. The molecule has 0 bridgehead atoms. The highest BCUT2D eigenvalue weighted by Crippen LogP contribution is 2.36. The largest absolute Gasteiger partial charge is 0.382 e. The lowest BCUT2D eigenvalue weighted by Gasteiger charge is -2.36. The van der Waals surface area contributed by atoms with E-state index in [2.05, 4.69) is 4.37 Å². The summed E-state index contributed by atoms with van der Waals surface area (Å²) in [5.41, 5.74) is 5.80. The van der Waals surface area contributed by atoms with E-state index < -0.39 is 9.84 Å². The fourth-order valence-corrected chi connectivity index (χ4v) is 5.27. The van der Waals surface area contributed by atoms with Gasteiger partial charge in [0.25, 0.3) is 0 Å². The summed E-state index contributed by atoms with van der Waals surface area (Å²) in [7, 11) is -3.37. The zero-order valence-electron chi connectivity index (χ0n) is 12.0. The number of rotatable bonds is 4. The number of nitrogen functional groups attached to an aromatic ring is 1. The second kappa shape index (κ2) is 5.87. The Morgan fingerprint density at radius 3 is 2.55 bits per heavy atom. The predicted octanol–water partition coefficient (Wildman–Crippen LogP) is 1.52. The summed E-state index contributed by atoms with van der Waals surface area (Å²) in [6.07, 6.45) is 0.681. The van der Waals surface area contributed by atoms with Gasteiger partial charge in [0.15, 0.2) is 15.7 Å². The Morgan fingerprint density at radius 2 is 2.00 bits per heavy atom. The van der Waals surface area contributed by atoms with E-state index in [1.807, 2.05) is 25.7 Å². The second-order valence-corrected chi connectivity index (χ2v) is 7.98. The lowest BCUT2D eigenvalue weighted by Crippen LogP contribution is -2.45. The highest BCUT2D eigenvalue weighted by atomic mass is 32.2. The maximum absolute atomic E-state index is 12.4. The van der Waals surface area contributed by atoms with Gasteiger partial charge in [0, 0.05) is 13.1 Å². The van der Waals surface area contributed by atoms with E-state index >= 15 is 0 Å². The fraction of sp³-hybridized carbons (Fsp3) is 0.750. The van der Waals surface area contributed by atoms with Gasteiger partial charge in [0.1, 0.15) is 9.90 Å². The zero-order valence-corrected chi connectivity index (χ0v) is 13.6. The first-order valence-electron chi connectivity index (χ1n) is 6.73. The molecule has 2 atom stereocenters. The van der Waals surface area contributed by atoms with Crippen molar-refractivity contribution in [2.45, 2.75) is 44.3 Å². The fourth-order valence-electron chi connectivity index (χ4n) is 2.49. The molecule has 2 heterocycles. The lowest BCUT2D eigenvalue weighted by atomic mass is 10.2. The minimum Gasteiger partial charge on any atom is -0.382 e. The van der Waals surface area contributed by atoms with Crippen molar-refractivity contribution in [3.8, 4) is 0 Å². The lowest BCUT2D eigenvalue weighted by molar-refractivity contribution is -0.00514. The summed E-state index contributed by atoms with van der Waals surface area (Å²) in [5.74, 6) is 0.211. The number of nitrogens with two attached hydrogens (primary N) is 1. The van der Waals surface area contributed by atoms with E-state index in [1.165, 1.54) is 0 Å². The van der Waals surface area contributed by atoms with Crippen LogP contribution in [0.5, 0.6) is 0 Å². The molecular weight excluding hydrogens is 298 g/mol. The monoisotopic (exact) mass is 319 g/mol. The minimum atomic E-state index is -3.37. The van der Waals surface area contributed by atoms with Crippen LogP contribution < -0.4 is 10.6 Å². The number of hydrogen-bond acceptors (Lipinski definition) is 7. The van der Waals surface area contributed by atoms with Gasteiger partial charge in [-0.05, 0) is 31.8 Å². The molecule has 114 valence electrons. The van der Waals surface area contributed by atoms with Gasteiger partial charge < -0.3 is 15.4 Å². The molecule has 0 radical (unpaired) electrons. The van der Waals surface area contributed by atoms with E-state index in [4.69, 9.17) is 10.5 Å². The van der Waals surface area contributed by atoms with Gasteiger partial charge in [0.05, 0.1) is 18.0 Å². The van der Waals surface area contributed by atoms with Crippen molar-refractivity contribution in [2.24, 2.45) is 0 Å². The Labute approximate surface area is 124 Å². The third-order valence-corrected chi connectivity index (χ3v) is 6.17. The molecule has 0 saturated carbocycles. The highest BCUT2D eigenvalue weighted by molar-refractivity contribution is 7.91. The Morgan fingerprint density at radius 1 is 1.40 bits per heavy atom. The van der Waals surface area contributed by atoms with E-state index in [0.717, 1.165) is 11.5 Å².